The Labute approximate surface area is 216 Å². The van der Waals surface area contributed by atoms with E-state index in [0.29, 0.717) is 23.7 Å². The van der Waals surface area contributed by atoms with Crippen molar-refractivity contribution >= 4 is 28.9 Å². The van der Waals surface area contributed by atoms with Crippen molar-refractivity contribution < 1.29 is 18.7 Å². The first-order valence-corrected chi connectivity index (χ1v) is 13.1. The second kappa shape index (κ2) is 10.8. The molecule has 0 radical (unpaired) electrons. The minimum Gasteiger partial charge on any atom is -0.455 e. The fourth-order valence-electron chi connectivity index (χ4n) is 5.33. The van der Waals surface area contributed by atoms with Gasteiger partial charge in [0.05, 0.1) is 35.6 Å². The minimum atomic E-state index is -0.832. The Morgan fingerprint density at radius 1 is 1.11 bits per heavy atom. The van der Waals surface area contributed by atoms with Crippen LogP contribution in [0.1, 0.15) is 46.0 Å². The third kappa shape index (κ3) is 5.44. The normalized spacial score (nSPS) is 23.4. The van der Waals surface area contributed by atoms with Crippen LogP contribution in [0.3, 0.4) is 0 Å². The van der Waals surface area contributed by atoms with E-state index < -0.39 is 24.6 Å². The second-order valence-corrected chi connectivity index (χ2v) is 9.93. The molecule has 2 amide bonds. The summed E-state index contributed by atoms with van der Waals surface area (Å²) in [5.74, 6) is -0.0477. The molecule has 0 bridgehead atoms. The number of benzene rings is 2. The van der Waals surface area contributed by atoms with Crippen molar-refractivity contribution in [3.05, 3.63) is 48.3 Å². The summed E-state index contributed by atoms with van der Waals surface area (Å²) in [5, 5.41) is 15.7. The van der Waals surface area contributed by atoms with E-state index in [-0.39, 0.29) is 30.1 Å². The molecule has 1 saturated heterocycles. The number of nitrogens with one attached hydrogen (secondary N) is 5. The van der Waals surface area contributed by atoms with E-state index in [4.69, 9.17) is 4.74 Å². The first kappa shape index (κ1) is 25.1. The third-order valence-corrected chi connectivity index (χ3v) is 7.38. The largest absolute Gasteiger partial charge is 0.455 e. The van der Waals surface area contributed by atoms with Gasteiger partial charge in [-0.2, -0.15) is 0 Å². The number of anilines is 3. The van der Waals surface area contributed by atoms with E-state index in [9.17, 15) is 14.0 Å². The Hall–Kier alpha value is -3.53. The average Bonchev–Trinajstić information content (AvgIpc) is 3.53. The van der Waals surface area contributed by atoms with E-state index in [1.807, 2.05) is 36.1 Å². The van der Waals surface area contributed by atoms with Crippen molar-refractivity contribution in [3.63, 3.8) is 0 Å². The van der Waals surface area contributed by atoms with Crippen molar-refractivity contribution in [1.82, 2.24) is 15.5 Å². The molecule has 0 aromatic heterocycles. The lowest BCUT2D eigenvalue weighted by atomic mass is 9.99. The Morgan fingerprint density at radius 2 is 1.92 bits per heavy atom. The minimum absolute atomic E-state index is 0.00726. The molecule has 3 heterocycles. The zero-order valence-electron chi connectivity index (χ0n) is 21.2. The summed E-state index contributed by atoms with van der Waals surface area (Å²) in [7, 11) is 0. The number of hydrogen-bond acceptors (Lipinski definition) is 7. The van der Waals surface area contributed by atoms with Gasteiger partial charge in [-0.25, -0.2) is 4.39 Å². The third-order valence-electron chi connectivity index (χ3n) is 7.38. The molecule has 2 aromatic carbocycles. The van der Waals surface area contributed by atoms with Crippen LogP contribution in [0.4, 0.5) is 21.5 Å². The van der Waals surface area contributed by atoms with Crippen molar-refractivity contribution in [1.29, 1.82) is 0 Å². The lowest BCUT2D eigenvalue weighted by molar-refractivity contribution is -0.138. The number of amides is 2. The Morgan fingerprint density at radius 3 is 2.70 bits per heavy atom. The van der Waals surface area contributed by atoms with Gasteiger partial charge < -0.3 is 30.9 Å². The molecule has 2 aromatic rings. The number of para-hydroxylation sites is 3. The number of halogens is 1. The Kier molecular flexibility index (Phi) is 7.36. The molecule has 5 atom stereocenters. The van der Waals surface area contributed by atoms with Crippen molar-refractivity contribution in [2.75, 3.05) is 22.5 Å². The highest BCUT2D eigenvalue weighted by molar-refractivity contribution is 5.89. The van der Waals surface area contributed by atoms with Crippen LogP contribution in [0.25, 0.3) is 0 Å². The molecule has 2 unspecified atom stereocenters. The predicted octanol–water partition coefficient (Wildman–Crippen LogP) is 3.42. The van der Waals surface area contributed by atoms with Gasteiger partial charge in [0.2, 0.25) is 18.2 Å². The van der Waals surface area contributed by atoms with Crippen LogP contribution in [-0.2, 0) is 9.59 Å². The zero-order valence-corrected chi connectivity index (χ0v) is 21.2. The lowest BCUT2D eigenvalue weighted by Gasteiger charge is -2.36. The quantitative estimate of drug-likeness (QED) is 0.371. The van der Waals surface area contributed by atoms with Crippen LogP contribution in [0.15, 0.2) is 42.5 Å². The maximum Gasteiger partial charge on any atom is 0.238 e. The van der Waals surface area contributed by atoms with Crippen LogP contribution in [0, 0.1) is 5.82 Å². The molecule has 3 aliphatic rings. The molecule has 37 heavy (non-hydrogen) atoms. The smallest absolute Gasteiger partial charge is 0.238 e. The lowest BCUT2D eigenvalue weighted by Crippen LogP contribution is -2.57. The standard InChI is InChI=1S/C27H35FN6O3/c1-3-17-9-6-7-14-34(17)23(35)15-21(32-27-31-19-11-4-5-13-22(19)37-27)26(36)29-16(2)25-30-20-12-8-10-18(28)24(20)33-25/h4-5,8,10-13,16-17,21,25,27,30-33H,3,6-7,9,14-15H2,1-2H3,(H,29,36)/t16-,17-,21-,25?,27?/m0/s1. The molecule has 0 spiro atoms. The van der Waals surface area contributed by atoms with Gasteiger partial charge in [-0.05, 0) is 56.9 Å². The maximum atomic E-state index is 14.2. The van der Waals surface area contributed by atoms with Crippen LogP contribution in [-0.4, -0.2) is 53.9 Å². The number of likely N-dealkylation sites (tertiary alicyclic amines) is 1. The Bertz CT molecular complexity index is 1120. The van der Waals surface area contributed by atoms with Gasteiger partial charge in [-0.3, -0.25) is 14.9 Å². The summed E-state index contributed by atoms with van der Waals surface area (Å²) in [6, 6.07) is 11.3. The van der Waals surface area contributed by atoms with E-state index in [0.717, 1.165) is 31.4 Å². The topological polar surface area (TPSA) is 107 Å². The fourth-order valence-corrected chi connectivity index (χ4v) is 5.33. The molecule has 1 fully saturated rings. The molecule has 9 nitrogen and oxygen atoms in total. The van der Waals surface area contributed by atoms with E-state index in [2.05, 4.69) is 33.5 Å². The summed E-state index contributed by atoms with van der Waals surface area (Å²) >= 11 is 0. The molecule has 5 rings (SSSR count). The van der Waals surface area contributed by atoms with Gasteiger partial charge in [0.1, 0.15) is 17.7 Å². The van der Waals surface area contributed by atoms with Crippen LogP contribution in [0.5, 0.6) is 5.75 Å². The molecular weight excluding hydrogens is 475 g/mol. The predicted molar refractivity (Wildman–Crippen MR) is 141 cm³/mol. The van der Waals surface area contributed by atoms with E-state index in [1.165, 1.54) is 6.07 Å². The van der Waals surface area contributed by atoms with Gasteiger partial charge >= 0.3 is 0 Å². The van der Waals surface area contributed by atoms with Crippen LogP contribution >= 0.6 is 0 Å². The highest BCUT2D eigenvalue weighted by atomic mass is 19.1. The van der Waals surface area contributed by atoms with Crippen molar-refractivity contribution in [2.45, 2.75) is 76.6 Å². The molecule has 5 N–H and O–H groups in total. The van der Waals surface area contributed by atoms with Gasteiger partial charge in [-0.15, -0.1) is 0 Å². The molecule has 10 heteroatoms. The summed E-state index contributed by atoms with van der Waals surface area (Å²) in [4.78, 5) is 28.8. The van der Waals surface area contributed by atoms with Gasteiger partial charge in [0.25, 0.3) is 0 Å². The highest BCUT2D eigenvalue weighted by Gasteiger charge is 2.35. The number of ether oxygens (including phenoxy) is 1. The number of carbonyl (C=O) groups excluding carboxylic acids is 2. The van der Waals surface area contributed by atoms with Gasteiger partial charge in [0.15, 0.2) is 0 Å². The molecule has 198 valence electrons. The highest BCUT2D eigenvalue weighted by Crippen LogP contribution is 2.32. The molecule has 0 aliphatic carbocycles. The Balaban J connectivity index is 1.27. The summed E-state index contributed by atoms with van der Waals surface area (Å²) in [5.41, 5.74) is 1.85. The van der Waals surface area contributed by atoms with Gasteiger partial charge in [-0.1, -0.05) is 25.1 Å². The number of hydrogen-bond donors (Lipinski definition) is 5. The number of rotatable bonds is 8. The maximum absolute atomic E-state index is 14.2. The van der Waals surface area contributed by atoms with E-state index >= 15 is 0 Å². The first-order chi connectivity index (χ1) is 17.9. The SMILES string of the molecule is CC[C@H]1CCCCN1C(=O)C[C@H](NC1Nc2ccccc2O1)C(=O)N[C@@H](C)C1Nc2cccc(F)c2N1. The first-order valence-electron chi connectivity index (χ1n) is 13.1. The fraction of sp³-hybridized carbons (Fsp3) is 0.481. The zero-order chi connectivity index (χ0) is 25.9. The molecular formula is C27H35FN6O3. The second-order valence-electron chi connectivity index (χ2n) is 9.93. The summed E-state index contributed by atoms with van der Waals surface area (Å²) < 4.78 is 20.1. The summed E-state index contributed by atoms with van der Waals surface area (Å²) in [6.45, 7) is 4.64. The number of carbonyl (C=O) groups is 2. The monoisotopic (exact) mass is 510 g/mol. The van der Waals surface area contributed by atoms with Crippen LogP contribution < -0.4 is 31.3 Å². The number of piperidine rings is 1. The molecule has 0 saturated carbocycles. The number of fused-ring (bicyclic) bond motifs is 2. The van der Waals surface area contributed by atoms with Crippen molar-refractivity contribution in [3.8, 4) is 5.75 Å². The van der Waals surface area contributed by atoms with Crippen LogP contribution in [0.2, 0.25) is 0 Å². The van der Waals surface area contributed by atoms with E-state index in [1.54, 1.807) is 12.1 Å². The van der Waals surface area contributed by atoms with Gasteiger partial charge in [0, 0.05) is 12.6 Å². The molecule has 3 aliphatic heterocycles. The van der Waals surface area contributed by atoms with Crippen molar-refractivity contribution in [2.24, 2.45) is 0 Å². The average molecular weight is 511 g/mol. The summed E-state index contributed by atoms with van der Waals surface area (Å²) in [6.07, 6.45) is 2.93. The number of nitrogens with zero attached hydrogens (tertiary/aromatic N) is 1.